The molecule has 3 saturated carbocycles. The average Bonchev–Trinajstić information content (AvgIpc) is 3.13. The lowest BCUT2D eigenvalue weighted by Crippen LogP contribution is -2.51. The first kappa shape index (κ1) is 22.6. The zero-order valence-corrected chi connectivity index (χ0v) is 19.9. The first-order valence-electron chi connectivity index (χ1n) is 12.6. The molecule has 0 spiro atoms. The van der Waals surface area contributed by atoms with Crippen molar-refractivity contribution in [1.82, 2.24) is 10.3 Å². The number of aliphatic hydroxyl groups is 1. The van der Waals surface area contributed by atoms with Crippen molar-refractivity contribution < 1.29 is 14.7 Å². The van der Waals surface area contributed by atoms with Gasteiger partial charge in [0.05, 0.1) is 11.8 Å². The Morgan fingerprint density at radius 1 is 1.21 bits per heavy atom. The third-order valence-corrected chi connectivity index (χ3v) is 9.52. The molecule has 0 aromatic carbocycles. The lowest BCUT2D eigenvalue weighted by molar-refractivity contribution is -0.125. The lowest BCUT2D eigenvalue weighted by Gasteiger charge is -2.57. The summed E-state index contributed by atoms with van der Waals surface area (Å²) in [7, 11) is 0. The van der Waals surface area contributed by atoms with Crippen molar-refractivity contribution in [1.29, 1.82) is 0 Å². The second-order valence-corrected chi connectivity index (χ2v) is 11.1. The normalized spacial score (nSPS) is 38.6. The van der Waals surface area contributed by atoms with Gasteiger partial charge in [0, 0.05) is 18.9 Å². The molecule has 178 valence electrons. The summed E-state index contributed by atoms with van der Waals surface area (Å²) in [6.45, 7) is 5.18. The van der Waals surface area contributed by atoms with Gasteiger partial charge in [0.1, 0.15) is 0 Å². The van der Waals surface area contributed by atoms with E-state index < -0.39 is 0 Å². The molecule has 33 heavy (non-hydrogen) atoms. The monoisotopic (exact) mass is 451 g/mol. The molecule has 0 saturated heterocycles. The topological polar surface area (TPSA) is 83.8 Å². The van der Waals surface area contributed by atoms with Crippen molar-refractivity contribution in [3.05, 3.63) is 41.7 Å². The maximum absolute atomic E-state index is 12.1. The SMILES string of the molecule is C[C@]12CC[C@@H]3[C@H](CCC4=C/C(=N/OCC(=O)NCc5cccnc5)CC[C@@]43C)[C@H]1CC[C@H]2O. The molecule has 6 nitrogen and oxygen atoms in total. The molecule has 1 amide bonds. The van der Waals surface area contributed by atoms with Crippen molar-refractivity contribution in [2.24, 2.45) is 33.7 Å². The molecule has 0 aliphatic heterocycles. The van der Waals surface area contributed by atoms with Gasteiger partial charge in [-0.1, -0.05) is 30.6 Å². The van der Waals surface area contributed by atoms with Crippen LogP contribution in [-0.4, -0.2) is 34.4 Å². The van der Waals surface area contributed by atoms with Crippen LogP contribution in [0.1, 0.15) is 70.8 Å². The molecule has 4 aliphatic rings. The summed E-state index contributed by atoms with van der Waals surface area (Å²) in [6, 6.07) is 3.78. The van der Waals surface area contributed by atoms with Gasteiger partial charge in [0.25, 0.3) is 5.91 Å². The second kappa shape index (κ2) is 8.86. The number of aliphatic hydroxyl groups excluding tert-OH is 1. The first-order valence-corrected chi connectivity index (χ1v) is 12.6. The molecule has 6 heteroatoms. The third kappa shape index (κ3) is 4.11. The maximum atomic E-state index is 12.1. The van der Waals surface area contributed by atoms with Crippen molar-refractivity contribution in [2.75, 3.05) is 6.61 Å². The number of oxime groups is 1. The van der Waals surface area contributed by atoms with Gasteiger partial charge in [0.2, 0.25) is 0 Å². The minimum absolute atomic E-state index is 0.0719. The number of nitrogens with zero attached hydrogens (tertiary/aromatic N) is 2. The molecule has 0 radical (unpaired) electrons. The third-order valence-electron chi connectivity index (χ3n) is 9.52. The Balaban J connectivity index is 1.19. The van der Waals surface area contributed by atoms with Gasteiger partial charge in [-0.15, -0.1) is 0 Å². The molecule has 0 unspecified atom stereocenters. The largest absolute Gasteiger partial charge is 0.393 e. The Kier molecular flexibility index (Phi) is 6.06. The Bertz CT molecular complexity index is 945. The van der Waals surface area contributed by atoms with Crippen LogP contribution in [0, 0.1) is 28.6 Å². The van der Waals surface area contributed by atoms with E-state index in [2.05, 4.69) is 35.4 Å². The van der Waals surface area contributed by atoms with Crippen LogP contribution in [0.3, 0.4) is 0 Å². The number of hydrogen-bond acceptors (Lipinski definition) is 5. The number of fused-ring (bicyclic) bond motifs is 5. The Morgan fingerprint density at radius 3 is 2.91 bits per heavy atom. The number of rotatable bonds is 5. The summed E-state index contributed by atoms with van der Waals surface area (Å²) in [6.07, 6.45) is 14.5. The molecule has 1 heterocycles. The quantitative estimate of drug-likeness (QED) is 0.650. The fourth-order valence-corrected chi connectivity index (χ4v) is 7.54. The number of amides is 1. The molecule has 1 aromatic heterocycles. The van der Waals surface area contributed by atoms with Crippen molar-refractivity contribution in [3.63, 3.8) is 0 Å². The number of carbonyl (C=O) groups is 1. The zero-order chi connectivity index (χ0) is 23.1. The first-order chi connectivity index (χ1) is 15.9. The Hall–Kier alpha value is -2.21. The summed E-state index contributed by atoms with van der Waals surface area (Å²) in [4.78, 5) is 21.5. The van der Waals surface area contributed by atoms with Crippen LogP contribution in [0.15, 0.2) is 41.3 Å². The van der Waals surface area contributed by atoms with Gasteiger partial charge >= 0.3 is 0 Å². The minimum Gasteiger partial charge on any atom is -0.393 e. The highest BCUT2D eigenvalue weighted by molar-refractivity contribution is 5.96. The van der Waals surface area contributed by atoms with Crippen LogP contribution in [-0.2, 0) is 16.2 Å². The van der Waals surface area contributed by atoms with E-state index in [1.165, 1.54) is 24.8 Å². The smallest absolute Gasteiger partial charge is 0.261 e. The number of pyridine rings is 1. The highest BCUT2D eigenvalue weighted by Gasteiger charge is 2.58. The highest BCUT2D eigenvalue weighted by atomic mass is 16.6. The average molecular weight is 452 g/mol. The van der Waals surface area contributed by atoms with Crippen LogP contribution in [0.2, 0.25) is 0 Å². The highest BCUT2D eigenvalue weighted by Crippen LogP contribution is 2.65. The van der Waals surface area contributed by atoms with E-state index in [4.69, 9.17) is 4.84 Å². The van der Waals surface area contributed by atoms with Gasteiger partial charge in [-0.25, -0.2) is 0 Å². The predicted octanol–water partition coefficient (Wildman–Crippen LogP) is 4.39. The number of aromatic nitrogens is 1. The molecule has 5 rings (SSSR count). The number of nitrogens with one attached hydrogen (secondary N) is 1. The van der Waals surface area contributed by atoms with E-state index in [0.717, 1.165) is 49.3 Å². The van der Waals surface area contributed by atoms with E-state index in [1.807, 2.05) is 12.1 Å². The summed E-state index contributed by atoms with van der Waals surface area (Å²) >= 11 is 0. The van der Waals surface area contributed by atoms with E-state index in [0.29, 0.717) is 18.4 Å². The van der Waals surface area contributed by atoms with Crippen molar-refractivity contribution >= 4 is 11.6 Å². The lowest BCUT2D eigenvalue weighted by atomic mass is 9.47. The minimum atomic E-state index is -0.180. The van der Waals surface area contributed by atoms with E-state index in [1.54, 1.807) is 12.4 Å². The predicted molar refractivity (Wildman–Crippen MR) is 127 cm³/mol. The van der Waals surface area contributed by atoms with Crippen LogP contribution in [0.4, 0.5) is 0 Å². The molecule has 1 aromatic rings. The number of allylic oxidation sites excluding steroid dienone is 2. The number of carbonyl (C=O) groups excluding carboxylic acids is 1. The van der Waals surface area contributed by atoms with Gasteiger partial charge in [-0.2, -0.15) is 0 Å². The summed E-state index contributed by atoms with van der Waals surface area (Å²) in [5.74, 6) is 1.94. The fourth-order valence-electron chi connectivity index (χ4n) is 7.54. The summed E-state index contributed by atoms with van der Waals surface area (Å²) < 4.78 is 0. The molecule has 2 N–H and O–H groups in total. The summed E-state index contributed by atoms with van der Waals surface area (Å²) in [5.41, 5.74) is 3.79. The Labute approximate surface area is 196 Å². The van der Waals surface area contributed by atoms with Gasteiger partial charge in [-0.3, -0.25) is 9.78 Å². The van der Waals surface area contributed by atoms with Crippen molar-refractivity contribution in [3.8, 4) is 0 Å². The zero-order valence-electron chi connectivity index (χ0n) is 19.9. The van der Waals surface area contributed by atoms with Crippen LogP contribution in [0.5, 0.6) is 0 Å². The standard InChI is InChI=1S/C27H37N3O3/c1-26-11-9-20(30-33-17-25(32)29-16-18-4-3-13-28-15-18)14-19(26)5-6-21-22-7-8-24(31)27(22,2)12-10-23(21)26/h3-4,13-15,21-24,31H,5-12,16-17H2,1-2H3,(H,29,32)/b30-20+/t21-,22-,23-,24-,26+,27+/m1/s1. The fraction of sp³-hybridized carbons (Fsp3) is 0.667. The van der Waals surface area contributed by atoms with Crippen LogP contribution in [0.25, 0.3) is 0 Å². The molecule has 0 bridgehead atoms. The van der Waals surface area contributed by atoms with E-state index in [-0.39, 0.29) is 29.4 Å². The number of hydrogen-bond donors (Lipinski definition) is 2. The van der Waals surface area contributed by atoms with Gasteiger partial charge in [-0.05, 0) is 97.7 Å². The second-order valence-electron chi connectivity index (χ2n) is 11.1. The molecular weight excluding hydrogens is 414 g/mol. The molecule has 3 fully saturated rings. The van der Waals surface area contributed by atoms with E-state index in [9.17, 15) is 9.90 Å². The van der Waals surface area contributed by atoms with Gasteiger partial charge in [0.15, 0.2) is 6.61 Å². The van der Waals surface area contributed by atoms with Crippen LogP contribution >= 0.6 is 0 Å². The molecule has 4 aliphatic carbocycles. The van der Waals surface area contributed by atoms with E-state index >= 15 is 0 Å². The maximum Gasteiger partial charge on any atom is 0.261 e. The molecule has 6 atom stereocenters. The molecular formula is C27H37N3O3. The summed E-state index contributed by atoms with van der Waals surface area (Å²) in [5, 5.41) is 17.8. The van der Waals surface area contributed by atoms with Crippen molar-refractivity contribution in [2.45, 2.75) is 77.9 Å². The Morgan fingerprint density at radius 2 is 2.09 bits per heavy atom. The van der Waals surface area contributed by atoms with Gasteiger partial charge < -0.3 is 15.3 Å². The van der Waals surface area contributed by atoms with Crippen LogP contribution < -0.4 is 5.32 Å².